The number of rotatable bonds is 3. The molecule has 0 radical (unpaired) electrons. The Bertz CT molecular complexity index is 709. The highest BCUT2D eigenvalue weighted by Crippen LogP contribution is 2.34. The number of fused-ring (bicyclic) bond motifs is 1. The predicted molar refractivity (Wildman–Crippen MR) is 81.9 cm³/mol. The molecule has 0 bridgehead atoms. The molecule has 6 heteroatoms. The molecule has 0 fully saturated rings. The standard InChI is InChI=1S/C16H19N3O3/c1-10(20)19-7-6-13-12(9-19)16(18-17-13)11-4-5-14(21-2)15(8-11)22-3/h4-5,8H,6-7,9H2,1-3H3,(H,17,18). The maximum Gasteiger partial charge on any atom is 0.219 e. The third kappa shape index (κ3) is 2.41. The first-order valence-electron chi connectivity index (χ1n) is 7.18. The van der Waals surface area contributed by atoms with Gasteiger partial charge in [0.15, 0.2) is 11.5 Å². The van der Waals surface area contributed by atoms with Crippen LogP contribution in [0.4, 0.5) is 0 Å². The van der Waals surface area contributed by atoms with E-state index in [9.17, 15) is 4.79 Å². The lowest BCUT2D eigenvalue weighted by Crippen LogP contribution is -2.34. The quantitative estimate of drug-likeness (QED) is 0.941. The number of carbonyl (C=O) groups excluding carboxylic acids is 1. The van der Waals surface area contributed by atoms with Gasteiger partial charge in [-0.1, -0.05) is 0 Å². The van der Waals surface area contributed by atoms with Crippen molar-refractivity contribution in [1.82, 2.24) is 15.1 Å². The maximum atomic E-state index is 11.6. The number of aromatic amines is 1. The second-order valence-corrected chi connectivity index (χ2v) is 5.29. The van der Waals surface area contributed by atoms with Gasteiger partial charge in [-0.25, -0.2) is 0 Å². The molecule has 1 aliphatic heterocycles. The second kappa shape index (κ2) is 5.71. The lowest BCUT2D eigenvalue weighted by Gasteiger charge is -2.26. The van der Waals surface area contributed by atoms with Crippen LogP contribution in [0.2, 0.25) is 0 Å². The minimum Gasteiger partial charge on any atom is -0.493 e. The number of methoxy groups -OCH3 is 2. The van der Waals surface area contributed by atoms with E-state index in [0.29, 0.717) is 18.0 Å². The topological polar surface area (TPSA) is 67.5 Å². The summed E-state index contributed by atoms with van der Waals surface area (Å²) in [6.45, 7) is 2.92. The van der Waals surface area contributed by atoms with E-state index in [0.717, 1.165) is 35.5 Å². The van der Waals surface area contributed by atoms with Crippen molar-refractivity contribution in [3.8, 4) is 22.8 Å². The van der Waals surface area contributed by atoms with Crippen molar-refractivity contribution in [1.29, 1.82) is 0 Å². The second-order valence-electron chi connectivity index (χ2n) is 5.29. The van der Waals surface area contributed by atoms with E-state index >= 15 is 0 Å². The molecule has 0 aliphatic carbocycles. The fourth-order valence-electron chi connectivity index (χ4n) is 2.79. The van der Waals surface area contributed by atoms with Gasteiger partial charge in [0, 0.05) is 43.3 Å². The largest absolute Gasteiger partial charge is 0.493 e. The molecule has 1 aromatic carbocycles. The van der Waals surface area contributed by atoms with Crippen molar-refractivity contribution in [2.24, 2.45) is 0 Å². The number of hydrogen-bond donors (Lipinski definition) is 1. The van der Waals surface area contributed by atoms with Crippen LogP contribution in [0.3, 0.4) is 0 Å². The Kier molecular flexibility index (Phi) is 3.75. The van der Waals surface area contributed by atoms with Crippen LogP contribution < -0.4 is 9.47 Å². The first kappa shape index (κ1) is 14.4. The van der Waals surface area contributed by atoms with Crippen molar-refractivity contribution in [3.05, 3.63) is 29.5 Å². The Balaban J connectivity index is 2.00. The highest BCUT2D eigenvalue weighted by Gasteiger charge is 2.24. The highest BCUT2D eigenvalue weighted by molar-refractivity contribution is 5.75. The number of aromatic nitrogens is 2. The Labute approximate surface area is 129 Å². The van der Waals surface area contributed by atoms with Gasteiger partial charge in [0.25, 0.3) is 0 Å². The van der Waals surface area contributed by atoms with Crippen LogP contribution in [0.25, 0.3) is 11.3 Å². The first-order chi connectivity index (χ1) is 10.6. The molecule has 2 heterocycles. The van der Waals surface area contributed by atoms with E-state index in [-0.39, 0.29) is 5.91 Å². The summed E-state index contributed by atoms with van der Waals surface area (Å²) in [6.07, 6.45) is 0.801. The van der Waals surface area contributed by atoms with Crippen LogP contribution in [0.5, 0.6) is 11.5 Å². The Morgan fingerprint density at radius 1 is 1.27 bits per heavy atom. The van der Waals surface area contributed by atoms with E-state index < -0.39 is 0 Å². The average molecular weight is 301 g/mol. The summed E-state index contributed by atoms with van der Waals surface area (Å²) in [5.41, 5.74) is 3.98. The SMILES string of the molecule is COc1ccc(-c2n[nH]c3c2CN(C(C)=O)CC3)cc1OC. The number of carbonyl (C=O) groups is 1. The van der Waals surface area contributed by atoms with Gasteiger partial charge >= 0.3 is 0 Å². The number of nitrogens with one attached hydrogen (secondary N) is 1. The van der Waals surface area contributed by atoms with Crippen LogP contribution in [-0.2, 0) is 17.8 Å². The normalized spacial score (nSPS) is 13.7. The van der Waals surface area contributed by atoms with E-state index in [1.54, 1.807) is 21.1 Å². The van der Waals surface area contributed by atoms with Gasteiger partial charge in [0.2, 0.25) is 5.91 Å². The number of hydrogen-bond acceptors (Lipinski definition) is 4. The Morgan fingerprint density at radius 3 is 2.73 bits per heavy atom. The van der Waals surface area contributed by atoms with E-state index in [4.69, 9.17) is 9.47 Å². The summed E-state index contributed by atoms with van der Waals surface area (Å²) in [5, 5.41) is 7.52. The lowest BCUT2D eigenvalue weighted by atomic mass is 10.0. The molecule has 22 heavy (non-hydrogen) atoms. The van der Waals surface area contributed by atoms with Gasteiger partial charge in [-0.3, -0.25) is 9.89 Å². The fourth-order valence-corrected chi connectivity index (χ4v) is 2.79. The predicted octanol–water partition coefficient (Wildman–Crippen LogP) is 2.00. The Hall–Kier alpha value is -2.50. The van der Waals surface area contributed by atoms with Crippen LogP contribution >= 0.6 is 0 Å². The van der Waals surface area contributed by atoms with E-state index in [1.165, 1.54) is 0 Å². The molecule has 0 unspecified atom stereocenters. The summed E-state index contributed by atoms with van der Waals surface area (Å²) in [7, 11) is 3.22. The van der Waals surface area contributed by atoms with Crippen molar-refractivity contribution in [2.45, 2.75) is 19.9 Å². The summed E-state index contributed by atoms with van der Waals surface area (Å²) in [5.74, 6) is 1.43. The van der Waals surface area contributed by atoms with Crippen LogP contribution in [0.15, 0.2) is 18.2 Å². The summed E-state index contributed by atoms with van der Waals surface area (Å²) in [4.78, 5) is 13.5. The van der Waals surface area contributed by atoms with E-state index in [2.05, 4.69) is 10.2 Å². The van der Waals surface area contributed by atoms with Gasteiger partial charge in [-0.2, -0.15) is 5.10 Å². The van der Waals surface area contributed by atoms with Gasteiger partial charge in [0.1, 0.15) is 0 Å². The molecular formula is C16H19N3O3. The summed E-state index contributed by atoms with van der Waals surface area (Å²) in [6, 6.07) is 5.72. The fraction of sp³-hybridized carbons (Fsp3) is 0.375. The lowest BCUT2D eigenvalue weighted by molar-refractivity contribution is -0.129. The molecule has 0 saturated heterocycles. The maximum absolute atomic E-state index is 11.6. The number of H-pyrrole nitrogens is 1. The van der Waals surface area contributed by atoms with Crippen LogP contribution in [0.1, 0.15) is 18.2 Å². The molecule has 116 valence electrons. The molecule has 1 aliphatic rings. The number of ether oxygens (including phenoxy) is 2. The third-order valence-electron chi connectivity index (χ3n) is 4.04. The van der Waals surface area contributed by atoms with Gasteiger partial charge < -0.3 is 14.4 Å². The number of benzene rings is 1. The third-order valence-corrected chi connectivity index (χ3v) is 4.04. The molecule has 0 spiro atoms. The van der Waals surface area contributed by atoms with Gasteiger partial charge in [-0.15, -0.1) is 0 Å². The zero-order chi connectivity index (χ0) is 15.7. The molecule has 3 rings (SSSR count). The highest BCUT2D eigenvalue weighted by atomic mass is 16.5. The van der Waals surface area contributed by atoms with Crippen molar-refractivity contribution >= 4 is 5.91 Å². The van der Waals surface area contributed by atoms with Gasteiger partial charge in [-0.05, 0) is 18.2 Å². The number of nitrogens with zero attached hydrogens (tertiary/aromatic N) is 2. The van der Waals surface area contributed by atoms with Crippen molar-refractivity contribution in [3.63, 3.8) is 0 Å². The average Bonchev–Trinajstić information content (AvgIpc) is 2.97. The molecule has 1 amide bonds. The smallest absolute Gasteiger partial charge is 0.219 e. The minimum absolute atomic E-state index is 0.0881. The number of amides is 1. The molecular weight excluding hydrogens is 282 g/mol. The molecule has 0 atom stereocenters. The molecule has 1 aromatic heterocycles. The van der Waals surface area contributed by atoms with E-state index in [1.807, 2.05) is 23.1 Å². The summed E-state index contributed by atoms with van der Waals surface area (Å²) < 4.78 is 10.6. The van der Waals surface area contributed by atoms with Crippen LogP contribution in [-0.4, -0.2) is 41.8 Å². The van der Waals surface area contributed by atoms with Crippen molar-refractivity contribution in [2.75, 3.05) is 20.8 Å². The Morgan fingerprint density at radius 2 is 2.05 bits per heavy atom. The first-order valence-corrected chi connectivity index (χ1v) is 7.18. The molecule has 0 saturated carbocycles. The molecule has 1 N–H and O–H groups in total. The minimum atomic E-state index is 0.0881. The molecule has 6 nitrogen and oxygen atoms in total. The van der Waals surface area contributed by atoms with Crippen LogP contribution in [0, 0.1) is 0 Å². The van der Waals surface area contributed by atoms with Gasteiger partial charge in [0.05, 0.1) is 19.9 Å². The molecule has 2 aromatic rings. The zero-order valence-corrected chi connectivity index (χ0v) is 13.0. The summed E-state index contributed by atoms with van der Waals surface area (Å²) >= 11 is 0. The monoisotopic (exact) mass is 301 g/mol. The zero-order valence-electron chi connectivity index (χ0n) is 13.0. The van der Waals surface area contributed by atoms with Crippen molar-refractivity contribution < 1.29 is 14.3 Å².